The Morgan fingerprint density at radius 3 is 2.14 bits per heavy atom. The fourth-order valence-electron chi connectivity index (χ4n) is 3.50. The van der Waals surface area contributed by atoms with Gasteiger partial charge in [-0.05, 0) is 37.8 Å². The highest BCUT2D eigenvalue weighted by molar-refractivity contribution is 6.22. The highest BCUT2D eigenvalue weighted by Crippen LogP contribution is 2.45. The minimum Gasteiger partial charge on any atom is -0.443 e. The molecule has 0 aromatic heterocycles. The molecule has 2 aromatic carbocycles. The third-order valence-corrected chi connectivity index (χ3v) is 4.74. The summed E-state index contributed by atoms with van der Waals surface area (Å²) in [5.41, 5.74) is 0.192. The maximum atomic E-state index is 13.9. The van der Waals surface area contributed by atoms with E-state index in [2.05, 4.69) is 26.1 Å². The van der Waals surface area contributed by atoms with Gasteiger partial charge in [0, 0.05) is 12.1 Å². The largest absolute Gasteiger partial charge is 0.443 e. The van der Waals surface area contributed by atoms with Gasteiger partial charge in [-0.1, -0.05) is 69.3 Å². The number of anilines is 1. The summed E-state index contributed by atoms with van der Waals surface area (Å²) < 4.78 is 5.56. The summed E-state index contributed by atoms with van der Waals surface area (Å²) in [5.74, 6) is -0.344. The summed E-state index contributed by atoms with van der Waals surface area (Å²) in [6, 6.07) is 17.0. The van der Waals surface area contributed by atoms with E-state index < -0.39 is 17.2 Å². The summed E-state index contributed by atoms with van der Waals surface area (Å²) >= 11 is 0. The van der Waals surface area contributed by atoms with Gasteiger partial charge in [-0.2, -0.15) is 0 Å². The van der Waals surface area contributed by atoms with Crippen molar-refractivity contribution in [2.45, 2.75) is 52.7 Å². The first kappa shape index (κ1) is 21.1. The number of nitrogens with zero attached hydrogens (tertiary/aromatic N) is 1. The third-order valence-electron chi connectivity index (χ3n) is 4.74. The Balaban J connectivity index is 2.18. The highest BCUT2D eigenvalue weighted by atomic mass is 16.6. The van der Waals surface area contributed by atoms with E-state index in [1.165, 1.54) is 4.90 Å². The number of carbonyl (C=O) groups is 2. The predicted molar refractivity (Wildman–Crippen MR) is 115 cm³/mol. The molecule has 0 spiro atoms. The van der Waals surface area contributed by atoms with Gasteiger partial charge in [0.25, 0.3) is 5.91 Å². The predicted octanol–water partition coefficient (Wildman–Crippen LogP) is 4.85. The van der Waals surface area contributed by atoms with Crippen LogP contribution in [0.2, 0.25) is 0 Å². The molecule has 2 amide bonds. The Kier molecular flexibility index (Phi) is 5.30. The molecule has 1 atom stereocenters. The lowest BCUT2D eigenvalue weighted by Gasteiger charge is -2.33. The summed E-state index contributed by atoms with van der Waals surface area (Å²) in [6.07, 6.45) is -0.662. The van der Waals surface area contributed by atoms with Crippen molar-refractivity contribution < 1.29 is 14.3 Å². The van der Waals surface area contributed by atoms with Crippen molar-refractivity contribution in [2.75, 3.05) is 11.4 Å². The van der Waals surface area contributed by atoms with Crippen LogP contribution in [-0.4, -0.2) is 24.1 Å². The second kappa shape index (κ2) is 7.30. The number of ether oxygens (including phenoxy) is 1. The fourth-order valence-corrected chi connectivity index (χ4v) is 3.50. The van der Waals surface area contributed by atoms with E-state index in [0.717, 1.165) is 11.1 Å². The van der Waals surface area contributed by atoms with Gasteiger partial charge in [0.15, 0.2) is 5.54 Å². The van der Waals surface area contributed by atoms with E-state index in [9.17, 15) is 9.59 Å². The molecular weight excluding hydrogens is 364 g/mol. The van der Waals surface area contributed by atoms with Crippen LogP contribution in [0.15, 0.2) is 54.6 Å². The van der Waals surface area contributed by atoms with Gasteiger partial charge in [0.1, 0.15) is 5.60 Å². The maximum Gasteiger partial charge on any atom is 0.421 e. The van der Waals surface area contributed by atoms with Gasteiger partial charge in [0.05, 0.1) is 5.69 Å². The summed E-state index contributed by atoms with van der Waals surface area (Å²) in [6.45, 7) is 12.3. The molecule has 2 aromatic rings. The van der Waals surface area contributed by atoms with Crippen LogP contribution >= 0.6 is 0 Å². The first-order valence-electron chi connectivity index (χ1n) is 9.93. The van der Waals surface area contributed by atoms with Crippen molar-refractivity contribution in [1.82, 2.24) is 5.32 Å². The molecule has 0 aliphatic carbocycles. The van der Waals surface area contributed by atoms with E-state index in [4.69, 9.17) is 4.74 Å². The number of para-hydroxylation sites is 1. The van der Waals surface area contributed by atoms with Gasteiger partial charge < -0.3 is 4.74 Å². The van der Waals surface area contributed by atoms with Crippen LogP contribution in [0.1, 0.15) is 52.7 Å². The van der Waals surface area contributed by atoms with Crippen molar-refractivity contribution >= 4 is 17.7 Å². The SMILES string of the molecule is CC(C)(C)CN[C@@]1(c2ccccc2)C(=O)N(C(=O)OC(C)(C)C)c2ccccc21. The number of benzene rings is 2. The lowest BCUT2D eigenvalue weighted by atomic mass is 9.82. The van der Waals surface area contributed by atoms with E-state index in [1.807, 2.05) is 48.5 Å². The molecule has 0 saturated heterocycles. The first-order chi connectivity index (χ1) is 13.5. The number of hydrogen-bond donors (Lipinski definition) is 1. The molecule has 0 radical (unpaired) electrons. The smallest absolute Gasteiger partial charge is 0.421 e. The molecule has 1 heterocycles. The van der Waals surface area contributed by atoms with Crippen LogP contribution in [0.3, 0.4) is 0 Å². The molecular formula is C24H30N2O3. The van der Waals surface area contributed by atoms with Crippen LogP contribution in [0.4, 0.5) is 10.5 Å². The fraction of sp³-hybridized carbons (Fsp3) is 0.417. The van der Waals surface area contributed by atoms with Crippen molar-refractivity contribution in [1.29, 1.82) is 0 Å². The Hall–Kier alpha value is -2.66. The van der Waals surface area contributed by atoms with Crippen LogP contribution in [-0.2, 0) is 15.1 Å². The van der Waals surface area contributed by atoms with Crippen LogP contribution in [0.25, 0.3) is 0 Å². The minimum absolute atomic E-state index is 0.0592. The van der Waals surface area contributed by atoms with Crippen molar-refractivity contribution in [3.8, 4) is 0 Å². The van der Waals surface area contributed by atoms with Crippen LogP contribution in [0.5, 0.6) is 0 Å². The second-order valence-corrected chi connectivity index (χ2v) is 9.67. The number of nitrogens with one attached hydrogen (secondary N) is 1. The number of amides is 2. The number of hydrogen-bond acceptors (Lipinski definition) is 4. The summed E-state index contributed by atoms with van der Waals surface area (Å²) in [5, 5.41) is 3.51. The van der Waals surface area contributed by atoms with Gasteiger partial charge in [0.2, 0.25) is 0 Å². The van der Waals surface area contributed by atoms with E-state index in [-0.39, 0.29) is 11.3 Å². The lowest BCUT2D eigenvalue weighted by molar-refractivity contribution is -0.122. The van der Waals surface area contributed by atoms with E-state index in [0.29, 0.717) is 12.2 Å². The molecule has 0 bridgehead atoms. The molecule has 154 valence electrons. The normalized spacial score (nSPS) is 19.2. The molecule has 29 heavy (non-hydrogen) atoms. The molecule has 0 fully saturated rings. The van der Waals surface area contributed by atoms with Gasteiger partial charge in [-0.25, -0.2) is 9.69 Å². The van der Waals surface area contributed by atoms with Gasteiger partial charge >= 0.3 is 6.09 Å². The zero-order valence-electron chi connectivity index (χ0n) is 18.1. The number of imide groups is 1. The Labute approximate surface area is 173 Å². The standard InChI is InChI=1S/C24H30N2O3/c1-22(2,3)16-25-24(17-12-8-7-9-13-17)18-14-10-11-15-19(18)26(20(24)27)21(28)29-23(4,5)6/h7-15,25H,16H2,1-6H3/t24-/m1/s1. The average Bonchev–Trinajstić information content (AvgIpc) is 2.87. The molecule has 1 aliphatic heterocycles. The molecule has 5 nitrogen and oxygen atoms in total. The number of rotatable bonds is 3. The summed E-state index contributed by atoms with van der Waals surface area (Å²) in [7, 11) is 0. The van der Waals surface area contributed by atoms with Crippen molar-refractivity contribution in [3.63, 3.8) is 0 Å². The molecule has 0 unspecified atom stereocenters. The minimum atomic E-state index is -1.15. The lowest BCUT2D eigenvalue weighted by Crippen LogP contribution is -2.55. The van der Waals surface area contributed by atoms with E-state index >= 15 is 0 Å². The van der Waals surface area contributed by atoms with Crippen LogP contribution in [0, 0.1) is 5.41 Å². The molecule has 3 rings (SSSR count). The molecule has 1 aliphatic rings. The average molecular weight is 395 g/mol. The van der Waals surface area contributed by atoms with Crippen LogP contribution < -0.4 is 10.2 Å². The molecule has 1 N–H and O–H groups in total. The topological polar surface area (TPSA) is 58.6 Å². The molecule has 0 saturated carbocycles. The third kappa shape index (κ3) is 4.06. The Morgan fingerprint density at radius 1 is 0.966 bits per heavy atom. The first-order valence-corrected chi connectivity index (χ1v) is 9.93. The Morgan fingerprint density at radius 2 is 1.55 bits per heavy atom. The monoisotopic (exact) mass is 394 g/mol. The molecule has 5 heteroatoms. The number of fused-ring (bicyclic) bond motifs is 1. The van der Waals surface area contributed by atoms with Crippen molar-refractivity contribution in [2.24, 2.45) is 5.41 Å². The van der Waals surface area contributed by atoms with Gasteiger partial charge in [-0.15, -0.1) is 0 Å². The Bertz CT molecular complexity index is 910. The maximum absolute atomic E-state index is 13.9. The van der Waals surface area contributed by atoms with E-state index in [1.54, 1.807) is 26.8 Å². The number of carbonyl (C=O) groups excluding carboxylic acids is 2. The van der Waals surface area contributed by atoms with Crippen molar-refractivity contribution in [3.05, 3.63) is 65.7 Å². The zero-order chi connectivity index (χ0) is 21.4. The van der Waals surface area contributed by atoms with Gasteiger partial charge in [-0.3, -0.25) is 10.1 Å². The zero-order valence-corrected chi connectivity index (χ0v) is 18.1. The summed E-state index contributed by atoms with van der Waals surface area (Å²) in [4.78, 5) is 28.1. The highest BCUT2D eigenvalue weighted by Gasteiger charge is 2.55. The second-order valence-electron chi connectivity index (χ2n) is 9.67. The quantitative estimate of drug-likeness (QED) is 0.809.